The van der Waals surface area contributed by atoms with E-state index in [1.165, 1.54) is 24.0 Å². The number of piperidine rings is 1. The molecule has 3 rings (SSSR count). The van der Waals surface area contributed by atoms with Gasteiger partial charge in [0.15, 0.2) is 0 Å². The minimum absolute atomic E-state index is 0. The average Bonchev–Trinajstić information content (AvgIpc) is 2.39. The van der Waals surface area contributed by atoms with Gasteiger partial charge in [0.05, 0.1) is 5.92 Å². The third-order valence-electron chi connectivity index (χ3n) is 4.55. The number of carbonyl (C=O) groups is 1. The number of rotatable bonds is 3. The second kappa shape index (κ2) is 6.15. The molecule has 0 radical (unpaired) electrons. The minimum Gasteiger partial charge on any atom is -0.355 e. The Bertz CT molecular complexity index is 483. The maximum Gasteiger partial charge on any atom is 0.227 e. The normalized spacial score (nSPS) is 27.8. The van der Waals surface area contributed by atoms with E-state index in [0.717, 1.165) is 26.1 Å². The predicted molar refractivity (Wildman–Crippen MR) is 83.4 cm³/mol. The van der Waals surface area contributed by atoms with Gasteiger partial charge in [-0.05, 0) is 42.3 Å². The van der Waals surface area contributed by atoms with Gasteiger partial charge in [-0.15, -0.1) is 12.4 Å². The lowest BCUT2D eigenvalue weighted by Gasteiger charge is -2.36. The lowest BCUT2D eigenvalue weighted by molar-refractivity contribution is -0.123. The molecular formula is C16H23ClN2O. The lowest BCUT2D eigenvalue weighted by Crippen LogP contribution is -2.47. The smallest absolute Gasteiger partial charge is 0.227 e. The van der Waals surface area contributed by atoms with Gasteiger partial charge in [-0.2, -0.15) is 0 Å². The van der Waals surface area contributed by atoms with Crippen molar-refractivity contribution in [2.45, 2.75) is 32.1 Å². The number of carbonyl (C=O) groups excluding carboxylic acids is 1. The van der Waals surface area contributed by atoms with Gasteiger partial charge >= 0.3 is 0 Å². The molecule has 110 valence electrons. The summed E-state index contributed by atoms with van der Waals surface area (Å²) in [5, 5.41) is 6.58. The molecule has 1 amide bonds. The quantitative estimate of drug-likeness (QED) is 0.898. The first kappa shape index (κ1) is 15.3. The van der Waals surface area contributed by atoms with E-state index in [2.05, 4.69) is 29.7 Å². The van der Waals surface area contributed by atoms with E-state index in [1.807, 2.05) is 12.1 Å². The molecule has 1 aromatic carbocycles. The molecule has 2 atom stereocenters. The van der Waals surface area contributed by atoms with Crippen LogP contribution < -0.4 is 10.6 Å². The number of hydrogen-bond acceptors (Lipinski definition) is 2. The molecular weight excluding hydrogens is 272 g/mol. The number of benzene rings is 1. The van der Waals surface area contributed by atoms with Crippen LogP contribution in [0.4, 0.5) is 0 Å². The van der Waals surface area contributed by atoms with Crippen LogP contribution in [-0.2, 0) is 11.2 Å². The van der Waals surface area contributed by atoms with E-state index in [9.17, 15) is 4.79 Å². The zero-order chi connectivity index (χ0) is 13.3. The van der Waals surface area contributed by atoms with Gasteiger partial charge in [0, 0.05) is 13.1 Å². The summed E-state index contributed by atoms with van der Waals surface area (Å²) in [6.07, 6.45) is 3.30. The number of amides is 1. The Hall–Kier alpha value is -1.06. The van der Waals surface area contributed by atoms with Crippen molar-refractivity contribution in [1.82, 2.24) is 10.6 Å². The molecule has 1 aliphatic carbocycles. The van der Waals surface area contributed by atoms with Gasteiger partial charge < -0.3 is 10.6 Å². The van der Waals surface area contributed by atoms with Crippen molar-refractivity contribution in [3.05, 3.63) is 35.4 Å². The van der Waals surface area contributed by atoms with Gasteiger partial charge in [0.2, 0.25) is 5.91 Å². The van der Waals surface area contributed by atoms with E-state index in [4.69, 9.17) is 0 Å². The molecule has 0 bridgehead atoms. The first-order valence-electron chi connectivity index (χ1n) is 7.24. The first-order chi connectivity index (χ1) is 9.18. The van der Waals surface area contributed by atoms with Gasteiger partial charge in [0.1, 0.15) is 0 Å². The highest BCUT2D eigenvalue weighted by atomic mass is 35.5. The van der Waals surface area contributed by atoms with E-state index >= 15 is 0 Å². The van der Waals surface area contributed by atoms with Crippen molar-refractivity contribution in [2.75, 3.05) is 19.6 Å². The molecule has 0 aromatic heterocycles. The summed E-state index contributed by atoms with van der Waals surface area (Å²) in [6.45, 7) is 5.17. The molecule has 20 heavy (non-hydrogen) atoms. The molecule has 2 N–H and O–H groups in total. The van der Waals surface area contributed by atoms with Crippen LogP contribution in [0.2, 0.25) is 0 Å². The summed E-state index contributed by atoms with van der Waals surface area (Å²) in [7, 11) is 0. The van der Waals surface area contributed by atoms with E-state index < -0.39 is 0 Å². The fraction of sp³-hybridized carbons (Fsp3) is 0.562. The fourth-order valence-corrected chi connectivity index (χ4v) is 3.19. The molecule has 1 saturated heterocycles. The molecule has 3 nitrogen and oxygen atoms in total. The summed E-state index contributed by atoms with van der Waals surface area (Å²) in [4.78, 5) is 12.2. The second-order valence-corrected chi connectivity index (χ2v) is 6.26. The van der Waals surface area contributed by atoms with Crippen molar-refractivity contribution in [3.63, 3.8) is 0 Å². The highest BCUT2D eigenvalue weighted by Crippen LogP contribution is 2.35. The Labute approximate surface area is 126 Å². The maximum atomic E-state index is 12.2. The Morgan fingerprint density at radius 2 is 2.25 bits per heavy atom. The van der Waals surface area contributed by atoms with Crippen molar-refractivity contribution in [2.24, 2.45) is 5.41 Å². The maximum absolute atomic E-state index is 12.2. The van der Waals surface area contributed by atoms with Crippen LogP contribution >= 0.6 is 12.4 Å². The van der Waals surface area contributed by atoms with Crippen molar-refractivity contribution >= 4 is 18.3 Å². The van der Waals surface area contributed by atoms with Gasteiger partial charge in [0.25, 0.3) is 0 Å². The predicted octanol–water partition coefficient (Wildman–Crippen LogP) is 2.25. The third kappa shape index (κ3) is 2.99. The van der Waals surface area contributed by atoms with Crippen LogP contribution in [0.1, 0.15) is 36.8 Å². The summed E-state index contributed by atoms with van der Waals surface area (Å²) >= 11 is 0. The summed E-state index contributed by atoms with van der Waals surface area (Å²) in [5.41, 5.74) is 2.76. The minimum atomic E-state index is 0. The standard InChI is InChI=1S/C16H22N2O.ClH/c1-16(7-4-8-17-10-16)11-18-15(19)14-9-12-5-2-3-6-13(12)14;/h2-3,5-6,14,17H,4,7-11H2,1H3,(H,18,19);1H. The van der Waals surface area contributed by atoms with Crippen LogP contribution in [0.25, 0.3) is 0 Å². The van der Waals surface area contributed by atoms with Crippen molar-refractivity contribution in [1.29, 1.82) is 0 Å². The van der Waals surface area contributed by atoms with E-state index in [1.54, 1.807) is 0 Å². The molecule has 2 aliphatic rings. The van der Waals surface area contributed by atoms with E-state index in [0.29, 0.717) is 0 Å². The van der Waals surface area contributed by atoms with Crippen LogP contribution in [0.15, 0.2) is 24.3 Å². The van der Waals surface area contributed by atoms with Gasteiger partial charge in [-0.25, -0.2) is 0 Å². The Morgan fingerprint density at radius 3 is 2.95 bits per heavy atom. The summed E-state index contributed by atoms with van der Waals surface area (Å²) in [5.74, 6) is 0.279. The van der Waals surface area contributed by atoms with Crippen molar-refractivity contribution in [3.8, 4) is 0 Å². The first-order valence-corrected chi connectivity index (χ1v) is 7.24. The molecule has 4 heteroatoms. The second-order valence-electron chi connectivity index (χ2n) is 6.26. The summed E-state index contributed by atoms with van der Waals surface area (Å²) in [6, 6.07) is 8.25. The average molecular weight is 295 g/mol. The number of halogens is 1. The Morgan fingerprint density at radius 1 is 1.45 bits per heavy atom. The van der Waals surface area contributed by atoms with Crippen LogP contribution in [0.5, 0.6) is 0 Å². The zero-order valence-corrected chi connectivity index (χ0v) is 12.8. The largest absolute Gasteiger partial charge is 0.355 e. The molecule has 2 unspecified atom stereocenters. The SMILES string of the molecule is CC1(CNC(=O)C2Cc3ccccc32)CCCNC1.Cl. The van der Waals surface area contributed by atoms with Crippen molar-refractivity contribution < 1.29 is 4.79 Å². The third-order valence-corrected chi connectivity index (χ3v) is 4.55. The molecule has 1 heterocycles. The monoisotopic (exact) mass is 294 g/mol. The zero-order valence-electron chi connectivity index (χ0n) is 11.9. The number of fused-ring (bicyclic) bond motifs is 1. The molecule has 1 fully saturated rings. The molecule has 0 saturated carbocycles. The highest BCUT2D eigenvalue weighted by molar-refractivity contribution is 5.86. The van der Waals surface area contributed by atoms with Crippen LogP contribution in [-0.4, -0.2) is 25.5 Å². The molecule has 0 spiro atoms. The van der Waals surface area contributed by atoms with Crippen LogP contribution in [0, 0.1) is 5.41 Å². The van der Waals surface area contributed by atoms with E-state index in [-0.39, 0.29) is 29.6 Å². The number of hydrogen-bond donors (Lipinski definition) is 2. The van der Waals surface area contributed by atoms with Gasteiger partial charge in [-0.1, -0.05) is 31.2 Å². The molecule has 1 aliphatic heterocycles. The Kier molecular flexibility index (Phi) is 4.71. The van der Waals surface area contributed by atoms with Crippen LogP contribution in [0.3, 0.4) is 0 Å². The topological polar surface area (TPSA) is 41.1 Å². The highest BCUT2D eigenvalue weighted by Gasteiger charge is 2.33. The molecule has 1 aromatic rings. The number of nitrogens with one attached hydrogen (secondary N) is 2. The lowest BCUT2D eigenvalue weighted by atomic mass is 9.76. The Balaban J connectivity index is 0.00000147. The fourth-order valence-electron chi connectivity index (χ4n) is 3.19. The van der Waals surface area contributed by atoms with Gasteiger partial charge in [-0.3, -0.25) is 4.79 Å². The summed E-state index contributed by atoms with van der Waals surface area (Å²) < 4.78 is 0.